The van der Waals surface area contributed by atoms with Gasteiger partial charge in [-0.1, -0.05) is 60.7 Å². The molecule has 5 heteroatoms. The monoisotopic (exact) mass is 319 g/mol. The zero-order chi connectivity index (χ0) is 16.8. The van der Waals surface area contributed by atoms with Crippen LogP contribution >= 0.6 is 0 Å². The van der Waals surface area contributed by atoms with Crippen LogP contribution in [0.3, 0.4) is 0 Å². The Hall–Kier alpha value is -2.92. The minimum Gasteiger partial charge on any atom is -0.383 e. The van der Waals surface area contributed by atoms with Crippen LogP contribution in [-0.4, -0.2) is 16.5 Å². The summed E-state index contributed by atoms with van der Waals surface area (Å²) in [5, 5.41) is 3.60. The Morgan fingerprint density at radius 3 is 2.00 bits per heavy atom. The molecule has 3 aromatic rings. The van der Waals surface area contributed by atoms with E-state index in [-0.39, 0.29) is 12.0 Å². The first-order valence-corrected chi connectivity index (χ1v) is 7.94. The lowest BCUT2D eigenvalue weighted by molar-refractivity contribution is 0.605. The normalized spacial score (nSPS) is 10.9. The highest BCUT2D eigenvalue weighted by Crippen LogP contribution is 2.21. The van der Waals surface area contributed by atoms with Gasteiger partial charge in [-0.05, 0) is 17.5 Å². The van der Waals surface area contributed by atoms with Gasteiger partial charge in [-0.15, -0.1) is 0 Å². The van der Waals surface area contributed by atoms with E-state index in [1.165, 1.54) is 11.1 Å². The molecule has 0 bridgehead atoms. The lowest BCUT2D eigenvalue weighted by atomic mass is 9.98. The van der Waals surface area contributed by atoms with Gasteiger partial charge in [0.25, 0.3) is 0 Å². The van der Waals surface area contributed by atoms with Crippen molar-refractivity contribution in [3.8, 4) is 0 Å². The Balaban J connectivity index is 1.73. The van der Waals surface area contributed by atoms with E-state index in [1.807, 2.05) is 12.1 Å². The lowest BCUT2D eigenvalue weighted by Crippen LogP contribution is -2.25. The van der Waals surface area contributed by atoms with Crippen LogP contribution in [0.2, 0.25) is 0 Å². The lowest BCUT2D eigenvalue weighted by Gasteiger charge is -2.20. The van der Waals surface area contributed by atoms with Gasteiger partial charge in [0, 0.05) is 18.3 Å². The number of hydrogen-bond donors (Lipinski definition) is 3. The predicted octanol–water partition coefficient (Wildman–Crippen LogP) is 2.56. The summed E-state index contributed by atoms with van der Waals surface area (Å²) in [6, 6.07) is 20.9. The first kappa shape index (κ1) is 16.0. The second-order valence-corrected chi connectivity index (χ2v) is 5.60. The van der Waals surface area contributed by atoms with Crippen LogP contribution < -0.4 is 16.8 Å². The van der Waals surface area contributed by atoms with Gasteiger partial charge in [0.05, 0.1) is 6.04 Å². The second-order valence-electron chi connectivity index (χ2n) is 5.60. The maximum atomic E-state index is 5.90. The molecular weight excluding hydrogens is 298 g/mol. The molecule has 5 nitrogen and oxygen atoms in total. The van der Waals surface area contributed by atoms with Crippen molar-refractivity contribution in [2.45, 2.75) is 12.5 Å². The van der Waals surface area contributed by atoms with Crippen LogP contribution in [0.15, 0.2) is 66.9 Å². The quantitative estimate of drug-likeness (QED) is 0.649. The van der Waals surface area contributed by atoms with E-state index in [4.69, 9.17) is 11.5 Å². The zero-order valence-corrected chi connectivity index (χ0v) is 13.4. The number of nitrogens with two attached hydrogens (primary N) is 2. The van der Waals surface area contributed by atoms with Crippen molar-refractivity contribution in [3.63, 3.8) is 0 Å². The number of anilines is 2. The highest BCUT2D eigenvalue weighted by molar-refractivity contribution is 5.41. The highest BCUT2D eigenvalue weighted by Gasteiger charge is 2.13. The Morgan fingerprint density at radius 1 is 0.875 bits per heavy atom. The summed E-state index contributed by atoms with van der Waals surface area (Å²) in [5.74, 6) is 0.649. The fraction of sp³-hybridized carbons (Fsp3) is 0.158. The molecule has 3 rings (SSSR count). The van der Waals surface area contributed by atoms with Crippen molar-refractivity contribution in [2.24, 2.45) is 0 Å². The Morgan fingerprint density at radius 2 is 1.46 bits per heavy atom. The van der Waals surface area contributed by atoms with E-state index in [0.717, 1.165) is 18.5 Å². The number of nitrogen functional groups attached to an aromatic ring is 2. The molecule has 1 heterocycles. The van der Waals surface area contributed by atoms with Crippen molar-refractivity contribution in [3.05, 3.63) is 83.6 Å². The summed E-state index contributed by atoms with van der Waals surface area (Å²) in [5.41, 5.74) is 14.8. The van der Waals surface area contributed by atoms with E-state index >= 15 is 0 Å². The molecule has 0 radical (unpaired) electrons. The third-order valence-electron chi connectivity index (χ3n) is 3.93. The van der Waals surface area contributed by atoms with Gasteiger partial charge in [0.2, 0.25) is 5.95 Å². The minimum absolute atomic E-state index is 0.128. The standard InChI is InChI=1S/C19H21N5/c20-18-16(13-23-19(21)24-18)11-12-22-17(14-7-3-1-4-8-14)15-9-5-2-6-10-15/h1-10,13,17,22H,11-12H2,(H4,20,21,23,24). The van der Waals surface area contributed by atoms with E-state index in [9.17, 15) is 0 Å². The maximum Gasteiger partial charge on any atom is 0.221 e. The largest absolute Gasteiger partial charge is 0.383 e. The molecule has 0 aliphatic carbocycles. The molecule has 0 saturated carbocycles. The van der Waals surface area contributed by atoms with Crippen LogP contribution in [0.25, 0.3) is 0 Å². The third kappa shape index (κ3) is 3.88. The van der Waals surface area contributed by atoms with Crippen molar-refractivity contribution in [1.82, 2.24) is 15.3 Å². The van der Waals surface area contributed by atoms with Crippen molar-refractivity contribution in [2.75, 3.05) is 18.0 Å². The topological polar surface area (TPSA) is 89.8 Å². The van der Waals surface area contributed by atoms with Gasteiger partial charge < -0.3 is 16.8 Å². The predicted molar refractivity (Wildman–Crippen MR) is 97.3 cm³/mol. The number of nitrogens with one attached hydrogen (secondary N) is 1. The molecular formula is C19H21N5. The van der Waals surface area contributed by atoms with Crippen molar-refractivity contribution < 1.29 is 0 Å². The molecule has 0 fully saturated rings. The van der Waals surface area contributed by atoms with Crippen molar-refractivity contribution in [1.29, 1.82) is 0 Å². The second kappa shape index (κ2) is 7.57. The summed E-state index contributed by atoms with van der Waals surface area (Å²) in [6.07, 6.45) is 2.43. The van der Waals surface area contributed by atoms with E-state index in [1.54, 1.807) is 6.20 Å². The number of benzene rings is 2. The maximum absolute atomic E-state index is 5.90. The molecule has 0 amide bonds. The number of aromatic nitrogens is 2. The molecule has 0 atom stereocenters. The third-order valence-corrected chi connectivity index (χ3v) is 3.93. The molecule has 0 unspecified atom stereocenters. The van der Waals surface area contributed by atoms with Gasteiger partial charge in [0.1, 0.15) is 5.82 Å². The van der Waals surface area contributed by atoms with E-state index < -0.39 is 0 Å². The van der Waals surface area contributed by atoms with Gasteiger partial charge in [0.15, 0.2) is 0 Å². The Bertz CT molecular complexity index is 735. The number of nitrogens with zero attached hydrogens (tertiary/aromatic N) is 2. The average molecular weight is 319 g/mol. The SMILES string of the molecule is Nc1ncc(CCNC(c2ccccc2)c2ccccc2)c(N)n1. The highest BCUT2D eigenvalue weighted by atomic mass is 15.0. The number of hydrogen-bond acceptors (Lipinski definition) is 5. The molecule has 122 valence electrons. The molecule has 1 aromatic heterocycles. The molecule has 0 aliphatic heterocycles. The summed E-state index contributed by atoms with van der Waals surface area (Å²) < 4.78 is 0. The molecule has 0 aliphatic rings. The first-order valence-electron chi connectivity index (χ1n) is 7.94. The molecule has 2 aromatic carbocycles. The smallest absolute Gasteiger partial charge is 0.221 e. The number of rotatable bonds is 6. The minimum atomic E-state index is 0.128. The average Bonchev–Trinajstić information content (AvgIpc) is 2.62. The summed E-state index contributed by atoms with van der Waals surface area (Å²) in [6.45, 7) is 0.756. The van der Waals surface area contributed by atoms with Crippen LogP contribution in [0.1, 0.15) is 22.7 Å². The molecule has 5 N–H and O–H groups in total. The molecule has 0 spiro atoms. The van der Waals surface area contributed by atoms with Crippen LogP contribution in [0.5, 0.6) is 0 Å². The summed E-state index contributed by atoms with van der Waals surface area (Å²) in [4.78, 5) is 8.02. The summed E-state index contributed by atoms with van der Waals surface area (Å²) in [7, 11) is 0. The van der Waals surface area contributed by atoms with Crippen LogP contribution in [0.4, 0.5) is 11.8 Å². The van der Waals surface area contributed by atoms with Gasteiger partial charge in [-0.25, -0.2) is 4.98 Å². The Kier molecular flexibility index (Phi) is 5.03. The van der Waals surface area contributed by atoms with Gasteiger partial charge >= 0.3 is 0 Å². The summed E-state index contributed by atoms with van der Waals surface area (Å²) >= 11 is 0. The fourth-order valence-corrected chi connectivity index (χ4v) is 2.70. The fourth-order valence-electron chi connectivity index (χ4n) is 2.70. The Labute approximate surface area is 141 Å². The van der Waals surface area contributed by atoms with E-state index in [2.05, 4.69) is 63.8 Å². The molecule has 0 saturated heterocycles. The zero-order valence-electron chi connectivity index (χ0n) is 13.4. The molecule has 24 heavy (non-hydrogen) atoms. The van der Waals surface area contributed by atoms with Gasteiger partial charge in [-0.2, -0.15) is 4.98 Å². The van der Waals surface area contributed by atoms with Gasteiger partial charge in [-0.3, -0.25) is 0 Å². The van der Waals surface area contributed by atoms with E-state index in [0.29, 0.717) is 5.82 Å². The van der Waals surface area contributed by atoms with Crippen molar-refractivity contribution >= 4 is 11.8 Å². The van der Waals surface area contributed by atoms with Crippen LogP contribution in [0, 0.1) is 0 Å². The first-order chi connectivity index (χ1) is 11.7. The van der Waals surface area contributed by atoms with Crippen LogP contribution in [-0.2, 0) is 6.42 Å².